The molecule has 0 N–H and O–H groups in total. The standard InChI is InChI=1S/C13H28O2/c1-4-5-6-7-8-9-10-11-13(15-3)12-14-2/h13H,4-12H2,1-3H3. The van der Waals surface area contributed by atoms with Crippen molar-refractivity contribution >= 4 is 0 Å². The van der Waals surface area contributed by atoms with Crippen LogP contribution in [0.15, 0.2) is 0 Å². The summed E-state index contributed by atoms with van der Waals surface area (Å²) in [7, 11) is 3.50. The van der Waals surface area contributed by atoms with Crippen molar-refractivity contribution in [3.05, 3.63) is 0 Å². The molecule has 0 radical (unpaired) electrons. The first-order valence-electron chi connectivity index (χ1n) is 6.36. The fourth-order valence-electron chi connectivity index (χ4n) is 1.78. The van der Waals surface area contributed by atoms with Crippen molar-refractivity contribution in [2.75, 3.05) is 20.8 Å². The van der Waals surface area contributed by atoms with E-state index >= 15 is 0 Å². The van der Waals surface area contributed by atoms with Crippen LogP contribution in [-0.2, 0) is 9.47 Å². The van der Waals surface area contributed by atoms with Gasteiger partial charge in [-0.15, -0.1) is 0 Å². The normalized spacial score (nSPS) is 13.0. The predicted molar refractivity (Wildman–Crippen MR) is 65.3 cm³/mol. The van der Waals surface area contributed by atoms with E-state index in [1.54, 1.807) is 14.2 Å². The second kappa shape index (κ2) is 12.0. The highest BCUT2D eigenvalue weighted by Crippen LogP contribution is 2.10. The van der Waals surface area contributed by atoms with E-state index in [-0.39, 0.29) is 0 Å². The number of hydrogen-bond acceptors (Lipinski definition) is 2. The van der Waals surface area contributed by atoms with E-state index in [4.69, 9.17) is 9.47 Å². The molecule has 0 heterocycles. The Balaban J connectivity index is 3.14. The van der Waals surface area contributed by atoms with Gasteiger partial charge < -0.3 is 9.47 Å². The lowest BCUT2D eigenvalue weighted by molar-refractivity contribution is 0.0220. The van der Waals surface area contributed by atoms with Gasteiger partial charge in [0.05, 0.1) is 12.7 Å². The summed E-state index contributed by atoms with van der Waals surface area (Å²) in [6.07, 6.45) is 11.0. The molecule has 0 aliphatic carbocycles. The Morgan fingerprint density at radius 3 is 2.00 bits per heavy atom. The zero-order chi connectivity index (χ0) is 11.4. The Bertz CT molecular complexity index is 115. The van der Waals surface area contributed by atoms with E-state index in [1.807, 2.05) is 0 Å². The highest BCUT2D eigenvalue weighted by atomic mass is 16.5. The van der Waals surface area contributed by atoms with Crippen molar-refractivity contribution in [1.29, 1.82) is 0 Å². The Kier molecular flexibility index (Phi) is 11.9. The molecule has 0 fully saturated rings. The van der Waals surface area contributed by atoms with Gasteiger partial charge in [-0.2, -0.15) is 0 Å². The van der Waals surface area contributed by atoms with E-state index in [9.17, 15) is 0 Å². The highest BCUT2D eigenvalue weighted by molar-refractivity contribution is 4.56. The molecule has 2 nitrogen and oxygen atoms in total. The zero-order valence-corrected chi connectivity index (χ0v) is 10.8. The molecule has 15 heavy (non-hydrogen) atoms. The minimum absolute atomic E-state index is 0.297. The monoisotopic (exact) mass is 216 g/mol. The van der Waals surface area contributed by atoms with Gasteiger partial charge in [-0.1, -0.05) is 51.9 Å². The molecule has 0 aromatic heterocycles. The second-order valence-corrected chi connectivity index (χ2v) is 4.22. The van der Waals surface area contributed by atoms with Crippen molar-refractivity contribution in [3.63, 3.8) is 0 Å². The molecule has 0 aromatic carbocycles. The molecule has 0 amide bonds. The average Bonchev–Trinajstić information content (AvgIpc) is 2.26. The third-order valence-electron chi connectivity index (χ3n) is 2.82. The highest BCUT2D eigenvalue weighted by Gasteiger charge is 2.05. The first-order valence-corrected chi connectivity index (χ1v) is 6.36. The fourth-order valence-corrected chi connectivity index (χ4v) is 1.78. The van der Waals surface area contributed by atoms with Gasteiger partial charge in [0.1, 0.15) is 0 Å². The van der Waals surface area contributed by atoms with Gasteiger partial charge in [-0.3, -0.25) is 0 Å². The van der Waals surface area contributed by atoms with Gasteiger partial charge in [0.25, 0.3) is 0 Å². The molecule has 0 aliphatic rings. The summed E-state index contributed by atoms with van der Waals surface area (Å²) in [6, 6.07) is 0. The van der Waals surface area contributed by atoms with Crippen molar-refractivity contribution in [2.24, 2.45) is 0 Å². The minimum Gasteiger partial charge on any atom is -0.382 e. The van der Waals surface area contributed by atoms with Crippen LogP contribution < -0.4 is 0 Å². The first kappa shape index (κ1) is 14.9. The molecule has 92 valence electrons. The van der Waals surface area contributed by atoms with Gasteiger partial charge in [-0.05, 0) is 6.42 Å². The van der Waals surface area contributed by atoms with E-state index in [0.29, 0.717) is 6.10 Å². The molecule has 0 aromatic rings. The summed E-state index contributed by atoms with van der Waals surface area (Å²) in [5, 5.41) is 0. The molecule has 0 bridgehead atoms. The lowest BCUT2D eigenvalue weighted by atomic mass is 10.1. The van der Waals surface area contributed by atoms with Gasteiger partial charge in [-0.25, -0.2) is 0 Å². The summed E-state index contributed by atoms with van der Waals surface area (Å²) in [5.41, 5.74) is 0. The van der Waals surface area contributed by atoms with Crippen molar-refractivity contribution in [3.8, 4) is 0 Å². The summed E-state index contributed by atoms with van der Waals surface area (Å²) >= 11 is 0. The van der Waals surface area contributed by atoms with Crippen molar-refractivity contribution in [1.82, 2.24) is 0 Å². The van der Waals surface area contributed by atoms with Crippen molar-refractivity contribution in [2.45, 2.75) is 64.4 Å². The third kappa shape index (κ3) is 10.2. The van der Waals surface area contributed by atoms with Gasteiger partial charge in [0.15, 0.2) is 0 Å². The number of unbranched alkanes of at least 4 members (excludes halogenated alkanes) is 6. The van der Waals surface area contributed by atoms with E-state index in [2.05, 4.69) is 6.92 Å². The smallest absolute Gasteiger partial charge is 0.0804 e. The Morgan fingerprint density at radius 1 is 0.867 bits per heavy atom. The quantitative estimate of drug-likeness (QED) is 0.489. The van der Waals surface area contributed by atoms with Crippen LogP contribution in [0.5, 0.6) is 0 Å². The van der Waals surface area contributed by atoms with Gasteiger partial charge in [0.2, 0.25) is 0 Å². The average molecular weight is 216 g/mol. The summed E-state index contributed by atoms with van der Waals surface area (Å²) < 4.78 is 10.4. The summed E-state index contributed by atoms with van der Waals surface area (Å²) in [4.78, 5) is 0. The lowest BCUT2D eigenvalue weighted by Crippen LogP contribution is -2.16. The molecule has 0 aliphatic heterocycles. The molecule has 0 saturated heterocycles. The zero-order valence-electron chi connectivity index (χ0n) is 10.8. The van der Waals surface area contributed by atoms with E-state index < -0.39 is 0 Å². The van der Waals surface area contributed by atoms with Crippen LogP contribution in [0, 0.1) is 0 Å². The summed E-state index contributed by atoms with van der Waals surface area (Å²) in [5.74, 6) is 0. The Morgan fingerprint density at radius 2 is 1.47 bits per heavy atom. The van der Waals surface area contributed by atoms with Crippen LogP contribution in [0.2, 0.25) is 0 Å². The maximum atomic E-state index is 5.31. The molecule has 0 rings (SSSR count). The largest absolute Gasteiger partial charge is 0.382 e. The number of rotatable bonds is 11. The van der Waals surface area contributed by atoms with Crippen molar-refractivity contribution < 1.29 is 9.47 Å². The Hall–Kier alpha value is -0.0800. The summed E-state index contributed by atoms with van der Waals surface area (Å²) in [6.45, 7) is 2.99. The second-order valence-electron chi connectivity index (χ2n) is 4.22. The molecular formula is C13H28O2. The molecule has 1 unspecified atom stereocenters. The number of hydrogen-bond donors (Lipinski definition) is 0. The molecule has 2 heteroatoms. The van der Waals surface area contributed by atoms with E-state index in [0.717, 1.165) is 13.0 Å². The van der Waals surface area contributed by atoms with Gasteiger partial charge >= 0.3 is 0 Å². The molecule has 0 spiro atoms. The van der Waals surface area contributed by atoms with Crippen LogP contribution in [-0.4, -0.2) is 26.9 Å². The molecule has 1 atom stereocenters. The maximum Gasteiger partial charge on any atom is 0.0804 e. The SMILES string of the molecule is CCCCCCCCCC(COC)OC. The maximum absolute atomic E-state index is 5.31. The topological polar surface area (TPSA) is 18.5 Å². The third-order valence-corrected chi connectivity index (χ3v) is 2.82. The molecule has 0 saturated carbocycles. The van der Waals surface area contributed by atoms with Crippen LogP contribution in [0.4, 0.5) is 0 Å². The molecular weight excluding hydrogens is 188 g/mol. The van der Waals surface area contributed by atoms with Crippen LogP contribution in [0.1, 0.15) is 58.3 Å². The predicted octanol–water partition coefficient (Wildman–Crippen LogP) is 3.79. The number of ether oxygens (including phenoxy) is 2. The Labute approximate surface area is 95.3 Å². The van der Waals surface area contributed by atoms with Crippen LogP contribution in [0.3, 0.4) is 0 Å². The first-order chi connectivity index (χ1) is 7.35. The van der Waals surface area contributed by atoms with Gasteiger partial charge in [0, 0.05) is 14.2 Å². The number of methoxy groups -OCH3 is 2. The fraction of sp³-hybridized carbons (Fsp3) is 1.00. The lowest BCUT2D eigenvalue weighted by Gasteiger charge is -2.13. The van der Waals surface area contributed by atoms with Crippen LogP contribution >= 0.6 is 0 Å². The minimum atomic E-state index is 0.297. The van der Waals surface area contributed by atoms with E-state index in [1.165, 1.54) is 44.9 Å². The van der Waals surface area contributed by atoms with Crippen LogP contribution in [0.25, 0.3) is 0 Å².